The first-order valence-corrected chi connectivity index (χ1v) is 6.81. The van der Waals surface area contributed by atoms with Crippen molar-refractivity contribution < 1.29 is 14.0 Å². The summed E-state index contributed by atoms with van der Waals surface area (Å²) in [6.45, 7) is 5.60. The number of fused-ring (bicyclic) bond motifs is 1. The average Bonchev–Trinajstić information content (AvgIpc) is 2.72. The Balaban J connectivity index is 2.17. The Labute approximate surface area is 117 Å². The number of hydrogen-bond acceptors (Lipinski definition) is 5. The van der Waals surface area contributed by atoms with Gasteiger partial charge in [-0.15, -0.1) is 0 Å². The highest BCUT2D eigenvalue weighted by molar-refractivity contribution is 5.77. The molecule has 5 heteroatoms. The van der Waals surface area contributed by atoms with Gasteiger partial charge in [-0.3, -0.25) is 0 Å². The minimum Gasteiger partial charge on any atom is -0.490 e. The molecule has 0 radical (unpaired) electrons. The van der Waals surface area contributed by atoms with Crippen LogP contribution < -0.4 is 15.2 Å². The second kappa shape index (κ2) is 5.07. The maximum Gasteiger partial charge on any atom is 0.229 e. The molecule has 1 aromatic heterocycles. The molecule has 0 fully saturated rings. The molecule has 3 rings (SSSR count). The minimum atomic E-state index is 0.321. The second-order valence-electron chi connectivity index (χ2n) is 5.20. The van der Waals surface area contributed by atoms with Crippen LogP contribution in [0.15, 0.2) is 22.9 Å². The van der Waals surface area contributed by atoms with Crippen molar-refractivity contribution in [3.05, 3.63) is 23.9 Å². The molecular weight excluding hydrogens is 256 g/mol. The lowest BCUT2D eigenvalue weighted by molar-refractivity contribution is 0.297. The van der Waals surface area contributed by atoms with Crippen LogP contribution >= 0.6 is 0 Å². The number of benzene rings is 1. The summed E-state index contributed by atoms with van der Waals surface area (Å²) in [5.74, 6) is 2.20. The lowest BCUT2D eigenvalue weighted by Gasteiger charge is -2.16. The van der Waals surface area contributed by atoms with Crippen LogP contribution in [0, 0.1) is 0 Å². The third-order valence-electron chi connectivity index (χ3n) is 3.43. The Bertz CT molecular complexity index is 620. The number of rotatable bonds is 2. The zero-order valence-electron chi connectivity index (χ0n) is 11.7. The molecular formula is C15H18N2O3. The predicted octanol–water partition coefficient (Wildman–Crippen LogP) is 3.21. The van der Waals surface area contributed by atoms with Crippen LogP contribution in [0.4, 0.5) is 5.88 Å². The number of ether oxygens (including phenoxy) is 2. The lowest BCUT2D eigenvalue weighted by Crippen LogP contribution is -1.98. The van der Waals surface area contributed by atoms with Gasteiger partial charge in [0.2, 0.25) is 5.88 Å². The van der Waals surface area contributed by atoms with Gasteiger partial charge in [0.15, 0.2) is 11.5 Å². The van der Waals surface area contributed by atoms with E-state index in [0.29, 0.717) is 25.0 Å². The number of nitrogens with two attached hydrogens (primary N) is 1. The molecule has 0 atom stereocenters. The summed E-state index contributed by atoms with van der Waals surface area (Å²) in [5.41, 5.74) is 8.77. The number of anilines is 1. The summed E-state index contributed by atoms with van der Waals surface area (Å²) in [7, 11) is 0. The number of hydrogen-bond donors (Lipinski definition) is 1. The molecule has 0 bridgehead atoms. The van der Waals surface area contributed by atoms with Gasteiger partial charge < -0.3 is 19.7 Å². The summed E-state index contributed by atoms with van der Waals surface area (Å²) in [4.78, 5) is 0. The topological polar surface area (TPSA) is 70.5 Å². The highest BCUT2D eigenvalue weighted by Gasteiger charge is 2.20. The fourth-order valence-corrected chi connectivity index (χ4v) is 2.39. The van der Waals surface area contributed by atoms with Crippen molar-refractivity contribution in [1.82, 2.24) is 5.16 Å². The molecule has 2 heterocycles. The first-order valence-electron chi connectivity index (χ1n) is 6.81. The van der Waals surface area contributed by atoms with Gasteiger partial charge in [0.25, 0.3) is 0 Å². The van der Waals surface area contributed by atoms with Crippen molar-refractivity contribution >= 4 is 5.88 Å². The molecule has 1 aliphatic rings. The SMILES string of the molecule is CC(C)c1cc2c(cc1-c1cnoc1N)OCCCO2. The summed E-state index contributed by atoms with van der Waals surface area (Å²) >= 11 is 0. The van der Waals surface area contributed by atoms with E-state index in [2.05, 4.69) is 19.0 Å². The van der Waals surface area contributed by atoms with Crippen molar-refractivity contribution in [1.29, 1.82) is 0 Å². The Morgan fingerprint density at radius 1 is 1.10 bits per heavy atom. The van der Waals surface area contributed by atoms with E-state index in [0.717, 1.165) is 34.6 Å². The van der Waals surface area contributed by atoms with Crippen LogP contribution in [0.25, 0.3) is 11.1 Å². The Kier molecular flexibility index (Phi) is 3.26. The average molecular weight is 274 g/mol. The van der Waals surface area contributed by atoms with Crippen LogP contribution in [0.5, 0.6) is 11.5 Å². The van der Waals surface area contributed by atoms with E-state index >= 15 is 0 Å². The van der Waals surface area contributed by atoms with E-state index in [9.17, 15) is 0 Å². The number of nitrogen functional groups attached to an aromatic ring is 1. The van der Waals surface area contributed by atoms with Crippen molar-refractivity contribution in [3.8, 4) is 22.6 Å². The zero-order chi connectivity index (χ0) is 14.1. The van der Waals surface area contributed by atoms with Crippen molar-refractivity contribution in [2.24, 2.45) is 0 Å². The smallest absolute Gasteiger partial charge is 0.229 e. The largest absolute Gasteiger partial charge is 0.490 e. The Morgan fingerprint density at radius 2 is 1.80 bits per heavy atom. The summed E-state index contributed by atoms with van der Waals surface area (Å²) < 4.78 is 16.5. The van der Waals surface area contributed by atoms with E-state index in [-0.39, 0.29) is 0 Å². The molecule has 1 aromatic carbocycles. The second-order valence-corrected chi connectivity index (χ2v) is 5.20. The normalized spacial score (nSPS) is 14.3. The van der Waals surface area contributed by atoms with Gasteiger partial charge in [-0.05, 0) is 29.2 Å². The first-order chi connectivity index (χ1) is 9.66. The van der Waals surface area contributed by atoms with Crippen molar-refractivity contribution in [3.63, 3.8) is 0 Å². The monoisotopic (exact) mass is 274 g/mol. The van der Waals surface area contributed by atoms with Gasteiger partial charge >= 0.3 is 0 Å². The van der Waals surface area contributed by atoms with Crippen LogP contribution in [0.3, 0.4) is 0 Å². The molecule has 0 unspecified atom stereocenters. The quantitative estimate of drug-likeness (QED) is 0.910. The lowest BCUT2D eigenvalue weighted by atomic mass is 9.93. The third kappa shape index (κ3) is 2.19. The van der Waals surface area contributed by atoms with Gasteiger partial charge in [0.05, 0.1) is 25.0 Å². The molecule has 0 amide bonds. The van der Waals surface area contributed by atoms with Crippen molar-refractivity contribution in [2.75, 3.05) is 18.9 Å². The van der Waals surface area contributed by atoms with Gasteiger partial charge in [-0.25, -0.2) is 0 Å². The summed E-state index contributed by atoms with van der Waals surface area (Å²) in [6, 6.07) is 4.01. The van der Waals surface area contributed by atoms with Crippen LogP contribution in [-0.2, 0) is 0 Å². The van der Waals surface area contributed by atoms with E-state index in [4.69, 9.17) is 19.7 Å². The van der Waals surface area contributed by atoms with E-state index in [1.165, 1.54) is 0 Å². The highest BCUT2D eigenvalue weighted by Crippen LogP contribution is 2.41. The van der Waals surface area contributed by atoms with E-state index in [1.807, 2.05) is 12.1 Å². The van der Waals surface area contributed by atoms with Crippen LogP contribution in [0.2, 0.25) is 0 Å². The minimum absolute atomic E-state index is 0.321. The third-order valence-corrected chi connectivity index (χ3v) is 3.43. The Morgan fingerprint density at radius 3 is 2.40 bits per heavy atom. The molecule has 2 aromatic rings. The highest BCUT2D eigenvalue weighted by atomic mass is 16.5. The molecule has 106 valence electrons. The fraction of sp³-hybridized carbons (Fsp3) is 0.400. The molecule has 0 saturated carbocycles. The van der Waals surface area contributed by atoms with Crippen molar-refractivity contribution in [2.45, 2.75) is 26.2 Å². The molecule has 0 aliphatic carbocycles. The first kappa shape index (κ1) is 12.8. The fourth-order valence-electron chi connectivity index (χ4n) is 2.39. The zero-order valence-corrected chi connectivity index (χ0v) is 11.7. The molecule has 0 saturated heterocycles. The standard InChI is InChI=1S/C15H18N2O3/c1-9(2)10-6-13-14(19-5-3-4-18-13)7-11(10)12-8-17-20-15(12)16/h6-9H,3-5,16H2,1-2H3. The predicted molar refractivity (Wildman–Crippen MR) is 76.0 cm³/mol. The van der Waals surface area contributed by atoms with Crippen LogP contribution in [0.1, 0.15) is 31.7 Å². The summed E-state index contributed by atoms with van der Waals surface area (Å²) in [6.07, 6.45) is 2.52. The van der Waals surface area contributed by atoms with Gasteiger partial charge in [0, 0.05) is 6.42 Å². The molecule has 5 nitrogen and oxygen atoms in total. The molecule has 0 spiro atoms. The van der Waals surface area contributed by atoms with Gasteiger partial charge in [0.1, 0.15) is 0 Å². The molecule has 1 aliphatic heterocycles. The van der Waals surface area contributed by atoms with E-state index in [1.54, 1.807) is 6.20 Å². The molecule has 2 N–H and O–H groups in total. The maximum absolute atomic E-state index is 5.85. The Hall–Kier alpha value is -2.17. The summed E-state index contributed by atoms with van der Waals surface area (Å²) in [5, 5.41) is 3.76. The van der Waals surface area contributed by atoms with Crippen LogP contribution in [-0.4, -0.2) is 18.4 Å². The molecule has 20 heavy (non-hydrogen) atoms. The van der Waals surface area contributed by atoms with E-state index < -0.39 is 0 Å². The number of aromatic nitrogens is 1. The van der Waals surface area contributed by atoms with Gasteiger partial charge in [-0.2, -0.15) is 0 Å². The maximum atomic E-state index is 5.85. The number of nitrogens with zero attached hydrogens (tertiary/aromatic N) is 1. The van der Waals surface area contributed by atoms with Gasteiger partial charge in [-0.1, -0.05) is 19.0 Å².